The number of aryl methyl sites for hydroxylation is 1. The van der Waals surface area contributed by atoms with Gasteiger partial charge < -0.3 is 10.6 Å². The highest BCUT2D eigenvalue weighted by molar-refractivity contribution is 5.96. The summed E-state index contributed by atoms with van der Waals surface area (Å²) in [5, 5.41) is 6.09. The third-order valence-electron chi connectivity index (χ3n) is 4.61. The molecule has 3 amide bonds. The van der Waals surface area contributed by atoms with Crippen molar-refractivity contribution in [2.75, 3.05) is 23.3 Å². The van der Waals surface area contributed by atoms with Crippen molar-refractivity contribution in [2.24, 2.45) is 0 Å². The summed E-state index contributed by atoms with van der Waals surface area (Å²) in [4.78, 5) is 42.4. The van der Waals surface area contributed by atoms with Crippen LogP contribution in [0.25, 0.3) is 10.9 Å². The first-order valence-corrected chi connectivity index (χ1v) is 9.01. The molecule has 3 aromatic rings. The lowest BCUT2D eigenvalue weighted by Crippen LogP contribution is -2.27. The number of fused-ring (bicyclic) bond motifs is 1. The van der Waals surface area contributed by atoms with Gasteiger partial charge in [-0.1, -0.05) is 18.2 Å². The summed E-state index contributed by atoms with van der Waals surface area (Å²) in [6, 6.07) is 14.1. The van der Waals surface area contributed by atoms with E-state index < -0.39 is 0 Å². The molecule has 2 aromatic carbocycles. The minimum atomic E-state index is -0.219. The van der Waals surface area contributed by atoms with E-state index in [1.807, 2.05) is 12.1 Å². The van der Waals surface area contributed by atoms with Crippen LogP contribution in [0.3, 0.4) is 0 Å². The Morgan fingerprint density at radius 2 is 2.00 bits per heavy atom. The number of nitrogens with zero attached hydrogens (tertiary/aromatic N) is 3. The van der Waals surface area contributed by atoms with Crippen molar-refractivity contribution >= 4 is 34.2 Å². The molecule has 2 heterocycles. The van der Waals surface area contributed by atoms with Gasteiger partial charge >= 0.3 is 6.03 Å². The highest BCUT2D eigenvalue weighted by Crippen LogP contribution is 2.21. The third-order valence-corrected chi connectivity index (χ3v) is 4.61. The molecule has 0 bridgehead atoms. The molecule has 1 fully saturated rings. The van der Waals surface area contributed by atoms with Crippen molar-refractivity contribution in [3.63, 3.8) is 0 Å². The van der Waals surface area contributed by atoms with E-state index in [1.165, 1.54) is 10.9 Å². The number of nitrogens with one attached hydrogen (secondary N) is 2. The largest absolute Gasteiger partial charge is 0.336 e. The molecule has 0 atom stereocenters. The SMILES string of the molecule is O=C(CCn1cnc2ccccc2c1=O)Nc1cccc(N2CCNC2=O)c1. The molecule has 0 spiro atoms. The molecule has 1 aromatic heterocycles. The summed E-state index contributed by atoms with van der Waals surface area (Å²) in [6.45, 7) is 1.43. The van der Waals surface area contributed by atoms with Gasteiger partial charge in [-0.3, -0.25) is 19.1 Å². The van der Waals surface area contributed by atoms with Crippen LogP contribution in [0.5, 0.6) is 0 Å². The number of carbonyl (C=O) groups is 2. The first-order chi connectivity index (χ1) is 13.6. The van der Waals surface area contributed by atoms with Gasteiger partial charge in [0, 0.05) is 37.4 Å². The van der Waals surface area contributed by atoms with Crippen LogP contribution in [-0.4, -0.2) is 34.6 Å². The number of benzene rings is 2. The van der Waals surface area contributed by atoms with Gasteiger partial charge in [0.2, 0.25) is 5.91 Å². The predicted molar refractivity (Wildman–Crippen MR) is 106 cm³/mol. The Balaban J connectivity index is 1.42. The summed E-state index contributed by atoms with van der Waals surface area (Å²) in [5.41, 5.74) is 1.80. The van der Waals surface area contributed by atoms with E-state index in [0.717, 1.165) is 5.69 Å². The molecule has 8 heteroatoms. The van der Waals surface area contributed by atoms with Crippen molar-refractivity contribution in [2.45, 2.75) is 13.0 Å². The normalized spacial score (nSPS) is 13.6. The number of rotatable bonds is 5. The van der Waals surface area contributed by atoms with Gasteiger partial charge in [0.1, 0.15) is 0 Å². The molecule has 0 aliphatic carbocycles. The molecule has 1 aliphatic rings. The minimum Gasteiger partial charge on any atom is -0.336 e. The zero-order valence-electron chi connectivity index (χ0n) is 15.1. The lowest BCUT2D eigenvalue weighted by molar-refractivity contribution is -0.116. The van der Waals surface area contributed by atoms with E-state index in [9.17, 15) is 14.4 Å². The Bertz CT molecular complexity index is 1110. The second-order valence-electron chi connectivity index (χ2n) is 6.49. The average molecular weight is 377 g/mol. The monoisotopic (exact) mass is 377 g/mol. The average Bonchev–Trinajstić information content (AvgIpc) is 3.14. The lowest BCUT2D eigenvalue weighted by Gasteiger charge is -2.15. The number of hydrogen-bond acceptors (Lipinski definition) is 4. The van der Waals surface area contributed by atoms with Crippen molar-refractivity contribution in [1.82, 2.24) is 14.9 Å². The van der Waals surface area contributed by atoms with Gasteiger partial charge in [0.05, 0.1) is 17.2 Å². The fourth-order valence-electron chi connectivity index (χ4n) is 3.18. The topological polar surface area (TPSA) is 96.3 Å². The zero-order chi connectivity index (χ0) is 19.5. The Kier molecular flexibility index (Phi) is 4.76. The molecule has 1 saturated heterocycles. The zero-order valence-corrected chi connectivity index (χ0v) is 15.1. The number of para-hydroxylation sites is 1. The Morgan fingerprint density at radius 3 is 2.82 bits per heavy atom. The highest BCUT2D eigenvalue weighted by atomic mass is 16.2. The van der Waals surface area contributed by atoms with E-state index in [-0.39, 0.29) is 30.5 Å². The van der Waals surface area contributed by atoms with E-state index >= 15 is 0 Å². The third kappa shape index (κ3) is 3.57. The van der Waals surface area contributed by atoms with Gasteiger partial charge in [-0.15, -0.1) is 0 Å². The Hall–Kier alpha value is -3.68. The van der Waals surface area contributed by atoms with Gasteiger partial charge in [-0.2, -0.15) is 0 Å². The van der Waals surface area contributed by atoms with Gasteiger partial charge in [-0.25, -0.2) is 9.78 Å². The van der Waals surface area contributed by atoms with E-state index in [4.69, 9.17) is 0 Å². The number of aromatic nitrogens is 2. The molecule has 142 valence electrons. The second kappa shape index (κ2) is 7.51. The number of amides is 3. The lowest BCUT2D eigenvalue weighted by atomic mass is 10.2. The smallest absolute Gasteiger partial charge is 0.321 e. The second-order valence-corrected chi connectivity index (χ2v) is 6.49. The first-order valence-electron chi connectivity index (χ1n) is 9.01. The summed E-state index contributed by atoms with van der Waals surface area (Å²) >= 11 is 0. The quantitative estimate of drug-likeness (QED) is 0.710. The van der Waals surface area contributed by atoms with Crippen molar-refractivity contribution < 1.29 is 9.59 Å². The maximum absolute atomic E-state index is 12.5. The van der Waals surface area contributed by atoms with Gasteiger partial charge in [0.25, 0.3) is 5.56 Å². The predicted octanol–water partition coefficient (Wildman–Crippen LogP) is 1.95. The van der Waals surface area contributed by atoms with Crippen LogP contribution in [-0.2, 0) is 11.3 Å². The molecule has 1 aliphatic heterocycles. The maximum Gasteiger partial charge on any atom is 0.321 e. The van der Waals surface area contributed by atoms with Crippen LogP contribution in [0.2, 0.25) is 0 Å². The van der Waals surface area contributed by atoms with Crippen molar-refractivity contribution in [3.05, 3.63) is 65.2 Å². The minimum absolute atomic E-state index is 0.133. The molecule has 2 N–H and O–H groups in total. The van der Waals surface area contributed by atoms with Crippen molar-refractivity contribution in [3.8, 4) is 0 Å². The maximum atomic E-state index is 12.5. The molecular formula is C20H19N5O3. The Labute approximate surface area is 160 Å². The molecule has 4 rings (SSSR count). The standard InChI is InChI=1S/C20H19N5O3/c26-18(8-10-24-13-22-17-7-2-1-6-16(17)19(24)27)23-14-4-3-5-15(12-14)25-11-9-21-20(25)28/h1-7,12-13H,8-11H2,(H,21,28)(H,23,26). The van der Waals surface area contributed by atoms with E-state index in [0.29, 0.717) is 29.7 Å². The molecule has 28 heavy (non-hydrogen) atoms. The fourth-order valence-corrected chi connectivity index (χ4v) is 3.18. The molecule has 0 saturated carbocycles. The Morgan fingerprint density at radius 1 is 1.14 bits per heavy atom. The number of carbonyl (C=O) groups excluding carboxylic acids is 2. The number of hydrogen-bond donors (Lipinski definition) is 2. The molecule has 0 unspecified atom stereocenters. The van der Waals surface area contributed by atoms with Crippen LogP contribution in [0, 0.1) is 0 Å². The molecule has 8 nitrogen and oxygen atoms in total. The van der Waals surface area contributed by atoms with Gasteiger partial charge in [0.15, 0.2) is 0 Å². The summed E-state index contributed by atoms with van der Waals surface area (Å²) in [7, 11) is 0. The first kappa shape index (κ1) is 17.7. The van der Waals surface area contributed by atoms with E-state index in [2.05, 4.69) is 15.6 Å². The summed E-state index contributed by atoms with van der Waals surface area (Å²) < 4.78 is 1.44. The van der Waals surface area contributed by atoms with Gasteiger partial charge in [-0.05, 0) is 30.3 Å². The highest BCUT2D eigenvalue weighted by Gasteiger charge is 2.21. The summed E-state index contributed by atoms with van der Waals surface area (Å²) in [5.74, 6) is -0.219. The van der Waals surface area contributed by atoms with Crippen LogP contribution in [0.4, 0.5) is 16.2 Å². The van der Waals surface area contributed by atoms with Crippen LogP contribution >= 0.6 is 0 Å². The summed E-state index contributed by atoms with van der Waals surface area (Å²) in [6.07, 6.45) is 1.60. The number of urea groups is 1. The van der Waals surface area contributed by atoms with Crippen molar-refractivity contribution in [1.29, 1.82) is 0 Å². The van der Waals surface area contributed by atoms with E-state index in [1.54, 1.807) is 41.3 Å². The fraction of sp³-hybridized carbons (Fsp3) is 0.200. The molecular weight excluding hydrogens is 358 g/mol. The molecule has 0 radical (unpaired) electrons. The number of anilines is 2. The van der Waals surface area contributed by atoms with Crippen LogP contribution in [0.15, 0.2) is 59.7 Å². The van der Waals surface area contributed by atoms with Crippen LogP contribution < -0.4 is 21.1 Å². The van der Waals surface area contributed by atoms with Crippen LogP contribution in [0.1, 0.15) is 6.42 Å².